The minimum absolute atomic E-state index is 0.0158. The number of thiazole rings is 1. The van der Waals surface area contributed by atoms with E-state index in [-0.39, 0.29) is 36.7 Å². The Hall–Kier alpha value is -7.28. The van der Waals surface area contributed by atoms with Crippen molar-refractivity contribution in [3.63, 3.8) is 0 Å². The lowest BCUT2D eigenvalue weighted by Crippen LogP contribution is -2.47. The summed E-state index contributed by atoms with van der Waals surface area (Å²) in [5.74, 6) is 1.79. The van der Waals surface area contributed by atoms with Crippen molar-refractivity contribution in [3.05, 3.63) is 132 Å². The van der Waals surface area contributed by atoms with Crippen LogP contribution in [-0.4, -0.2) is 199 Å². The van der Waals surface area contributed by atoms with Crippen molar-refractivity contribution in [2.75, 3.05) is 130 Å². The van der Waals surface area contributed by atoms with Gasteiger partial charge in [0, 0.05) is 101 Å². The highest BCUT2D eigenvalue weighted by Crippen LogP contribution is 2.36. The Balaban J connectivity index is 0.000000592. The minimum Gasteiger partial charge on any atom is -0.494 e. The number of hydrogen-bond acceptors (Lipinski definition) is 17. The first-order valence-corrected chi connectivity index (χ1v) is 30.8. The zero-order valence-electron chi connectivity index (χ0n) is 51.1. The molecular weight excluding hydrogens is 1110 g/mol. The third-order valence-corrected chi connectivity index (χ3v) is 15.1. The number of allylic oxidation sites excluding steroid dienone is 2. The molecule has 7 rings (SSSR count). The Morgan fingerprint density at radius 3 is 2.22 bits per heavy atom. The van der Waals surface area contributed by atoms with Crippen LogP contribution in [0.4, 0.5) is 10.8 Å². The summed E-state index contributed by atoms with van der Waals surface area (Å²) in [5.41, 5.74) is 5.01. The lowest BCUT2D eigenvalue weighted by atomic mass is 10.0. The first kappa shape index (κ1) is 67.8. The summed E-state index contributed by atoms with van der Waals surface area (Å²) in [5, 5.41) is 24.3. The molecule has 5 aromatic rings. The number of carbonyl (C=O) groups excluding carboxylic acids is 4. The Morgan fingerprint density at radius 1 is 0.826 bits per heavy atom. The Kier molecular flexibility index (Phi) is 30.0. The summed E-state index contributed by atoms with van der Waals surface area (Å²) in [6.45, 7) is 23.0. The molecule has 2 aromatic carbocycles. The largest absolute Gasteiger partial charge is 0.494 e. The van der Waals surface area contributed by atoms with E-state index in [1.54, 1.807) is 52.2 Å². The number of hydrogen-bond donors (Lipinski definition) is 3. The molecule has 2 fully saturated rings. The van der Waals surface area contributed by atoms with Crippen LogP contribution in [0.1, 0.15) is 74.5 Å². The van der Waals surface area contributed by atoms with E-state index in [0.717, 1.165) is 105 Å². The van der Waals surface area contributed by atoms with Gasteiger partial charge in [-0.15, -0.1) is 16.4 Å². The molecule has 0 spiro atoms. The molecule has 2 aliphatic rings. The molecule has 0 bridgehead atoms. The molecule has 1 aliphatic heterocycles. The molecule has 23 heteroatoms. The number of aryl methyl sites for hydroxylation is 1. The van der Waals surface area contributed by atoms with Crippen LogP contribution in [-0.2, 0) is 65.7 Å². The number of piperazine rings is 1. The summed E-state index contributed by atoms with van der Waals surface area (Å²) in [6.07, 6.45) is 16.9. The van der Waals surface area contributed by atoms with Crippen LogP contribution in [0.15, 0.2) is 109 Å². The summed E-state index contributed by atoms with van der Waals surface area (Å²) >= 11 is 1.54. The zero-order valence-corrected chi connectivity index (χ0v) is 51.9. The average molecular weight is 1210 g/mol. The second-order valence-corrected chi connectivity index (χ2v) is 22.5. The van der Waals surface area contributed by atoms with Crippen molar-refractivity contribution in [3.8, 4) is 11.5 Å². The van der Waals surface area contributed by atoms with Gasteiger partial charge >= 0.3 is 0 Å². The molecule has 3 N–H and O–H groups in total. The smallest absolute Gasteiger partial charge is 0.247 e. The molecule has 1 atom stereocenters. The number of aromatic nitrogens is 6. The Labute approximate surface area is 511 Å². The molecule has 4 amide bonds. The predicted molar refractivity (Wildman–Crippen MR) is 335 cm³/mol. The van der Waals surface area contributed by atoms with Gasteiger partial charge in [0.25, 0.3) is 0 Å². The quantitative estimate of drug-likeness (QED) is 0.0210. The van der Waals surface area contributed by atoms with E-state index < -0.39 is 6.04 Å². The van der Waals surface area contributed by atoms with Crippen LogP contribution >= 0.6 is 11.3 Å². The number of amides is 4. The fourth-order valence-electron chi connectivity index (χ4n) is 9.20. The number of benzene rings is 2. The highest BCUT2D eigenvalue weighted by Gasteiger charge is 2.41. The van der Waals surface area contributed by atoms with E-state index in [1.165, 1.54) is 11.3 Å². The van der Waals surface area contributed by atoms with Crippen molar-refractivity contribution in [2.45, 2.75) is 90.4 Å². The summed E-state index contributed by atoms with van der Waals surface area (Å²) in [6, 6.07) is 14.3. The van der Waals surface area contributed by atoms with Gasteiger partial charge in [0.2, 0.25) is 24.1 Å². The van der Waals surface area contributed by atoms with E-state index in [2.05, 4.69) is 87.2 Å². The lowest BCUT2D eigenvalue weighted by molar-refractivity contribution is -0.141. The maximum atomic E-state index is 14.0. The number of nitrogens with zero attached hydrogens (tertiary/aromatic N) is 10. The SMILES string of the molecule is C=C/C=C(\C=C)CNC(=O)C(c1cnn(CC(C)C)c1)N(C(=O)CCc1ccc(OCCCCN(C)CCOCCOCCc2cn(CCOCCOc3ccc(NC=O)cc3)nn2)cc1)C1CC1.CNc1nc(CC(=O)N2CCN(C)CC2)cs1. The number of anilines is 2. The Morgan fingerprint density at radius 2 is 1.53 bits per heavy atom. The molecule has 0 radical (unpaired) electrons. The molecule has 1 aliphatic carbocycles. The van der Waals surface area contributed by atoms with Crippen molar-refractivity contribution < 1.29 is 42.9 Å². The van der Waals surface area contributed by atoms with E-state index in [1.807, 2.05) is 64.7 Å². The first-order valence-electron chi connectivity index (χ1n) is 29.9. The van der Waals surface area contributed by atoms with E-state index in [9.17, 15) is 19.2 Å². The Bertz CT molecular complexity index is 2830. The fraction of sp³-hybridized carbons (Fsp3) is 0.524. The van der Waals surface area contributed by atoms with Gasteiger partial charge < -0.3 is 59.2 Å². The van der Waals surface area contributed by atoms with Gasteiger partial charge in [-0.25, -0.2) is 9.67 Å². The summed E-state index contributed by atoms with van der Waals surface area (Å²) < 4.78 is 32.5. The average Bonchev–Trinajstić information content (AvgIpc) is 1.96. The molecule has 468 valence electrons. The normalized spacial score (nSPS) is 13.8. The number of likely N-dealkylation sites (N-methyl/N-ethyl adjacent to an activating group) is 2. The van der Waals surface area contributed by atoms with Gasteiger partial charge in [-0.05, 0) is 106 Å². The topological polar surface area (TPSA) is 225 Å². The van der Waals surface area contributed by atoms with Crippen LogP contribution in [0, 0.1) is 5.92 Å². The molecule has 86 heavy (non-hydrogen) atoms. The summed E-state index contributed by atoms with van der Waals surface area (Å²) in [7, 11) is 6.02. The number of rotatable bonds is 40. The lowest BCUT2D eigenvalue weighted by Gasteiger charge is -2.32. The van der Waals surface area contributed by atoms with Gasteiger partial charge in [0.05, 0.1) is 76.8 Å². The van der Waals surface area contributed by atoms with Gasteiger partial charge in [-0.3, -0.25) is 23.9 Å². The molecule has 3 aromatic heterocycles. The summed E-state index contributed by atoms with van der Waals surface area (Å²) in [4.78, 5) is 62.9. The molecule has 1 saturated heterocycles. The third kappa shape index (κ3) is 25.0. The van der Waals surface area contributed by atoms with Crippen molar-refractivity contribution in [1.29, 1.82) is 0 Å². The maximum Gasteiger partial charge on any atom is 0.247 e. The molecule has 22 nitrogen and oxygen atoms in total. The highest BCUT2D eigenvalue weighted by atomic mass is 32.1. The van der Waals surface area contributed by atoms with E-state index in [0.29, 0.717) is 108 Å². The minimum atomic E-state index is -0.779. The molecule has 4 heterocycles. The highest BCUT2D eigenvalue weighted by molar-refractivity contribution is 7.13. The predicted octanol–water partition coefficient (Wildman–Crippen LogP) is 6.74. The van der Waals surface area contributed by atoms with Crippen LogP contribution in [0.3, 0.4) is 0 Å². The second kappa shape index (κ2) is 38.0. The van der Waals surface area contributed by atoms with Crippen LogP contribution in [0.25, 0.3) is 0 Å². The number of unbranched alkanes of at least 4 members (excludes halogenated alkanes) is 1. The molecular formula is C63H91N13O9S. The number of ether oxygens (including phenoxy) is 5. The first-order chi connectivity index (χ1) is 41.8. The van der Waals surface area contributed by atoms with E-state index in [4.69, 9.17) is 23.7 Å². The van der Waals surface area contributed by atoms with Gasteiger partial charge in [0.1, 0.15) is 24.1 Å². The number of nitrogens with one attached hydrogen (secondary N) is 3. The zero-order chi connectivity index (χ0) is 61.3. The van der Waals surface area contributed by atoms with Crippen LogP contribution in [0.5, 0.6) is 11.5 Å². The third-order valence-electron chi connectivity index (χ3n) is 14.2. The second-order valence-electron chi connectivity index (χ2n) is 21.7. The maximum absolute atomic E-state index is 14.0. The van der Waals surface area contributed by atoms with E-state index >= 15 is 0 Å². The standard InChI is InChI=1S/C52H73N9O8.C11H18N4OS/c1-6-10-42(7-2)35-53-52(64)51(44-36-55-60(38-44)37-41(3)4)61(47-16-17-47)50(63)22-13-43-11-18-48(19-12-43)68-27-9-8-24-58(5)25-29-66-32-31-65-28-23-46-39-59(57-56-46)26-30-67-33-34-69-49-20-14-45(15-21-49)54-40-62;1-12-11-13-9(8-17-11)7-10(16)15-5-3-14(2)4-6-15/h6-7,10-12,14-15,18-21,36,38-41,47,51H,1-2,8-9,13,16-17,22-35,37H2,3-5H3,(H,53,64)(H,54,62);8H,3-7H2,1-2H3,(H,12,13)/b42-10+;. The van der Waals surface area contributed by atoms with Gasteiger partial charge in [-0.2, -0.15) is 5.10 Å². The van der Waals surface area contributed by atoms with Crippen LogP contribution in [0.2, 0.25) is 0 Å². The number of carbonyl (C=O) groups is 4. The molecule has 1 saturated carbocycles. The molecule has 1 unspecified atom stereocenters. The van der Waals surface area contributed by atoms with Gasteiger partial charge in [-0.1, -0.05) is 62.6 Å². The fourth-order valence-corrected chi connectivity index (χ4v) is 9.87. The van der Waals surface area contributed by atoms with Gasteiger partial charge in [0.15, 0.2) is 5.13 Å². The van der Waals surface area contributed by atoms with Crippen molar-refractivity contribution >= 4 is 46.3 Å². The van der Waals surface area contributed by atoms with Crippen LogP contribution < -0.4 is 25.4 Å². The van der Waals surface area contributed by atoms with Crippen molar-refractivity contribution in [1.82, 2.24) is 54.7 Å². The monoisotopic (exact) mass is 1210 g/mol. The van der Waals surface area contributed by atoms with Crippen molar-refractivity contribution in [2.24, 2.45) is 5.92 Å².